The summed E-state index contributed by atoms with van der Waals surface area (Å²) < 4.78 is 0. The highest BCUT2D eigenvalue weighted by atomic mass is 35.5. The first-order valence-electron chi connectivity index (χ1n) is 12.5. The van der Waals surface area contributed by atoms with Crippen LogP contribution < -0.4 is 5.32 Å². The first-order chi connectivity index (χ1) is 16.5. The molecule has 0 bridgehead atoms. The Labute approximate surface area is 231 Å². The molecule has 1 saturated carbocycles. The van der Waals surface area contributed by atoms with E-state index in [1.807, 2.05) is 47.5 Å². The number of likely N-dealkylation sites (tertiary alicyclic amines) is 2. The van der Waals surface area contributed by atoms with Gasteiger partial charge in [-0.2, -0.15) is 0 Å². The number of hydrogen-bond acceptors (Lipinski definition) is 4. The first kappa shape index (κ1) is 28.7. The highest BCUT2D eigenvalue weighted by Crippen LogP contribution is 2.42. The van der Waals surface area contributed by atoms with Gasteiger partial charge in [-0.05, 0) is 80.9 Å². The second-order valence-electron chi connectivity index (χ2n) is 10.1. The van der Waals surface area contributed by atoms with E-state index < -0.39 is 0 Å². The molecule has 9 heteroatoms. The van der Waals surface area contributed by atoms with Gasteiger partial charge in [0, 0.05) is 43.0 Å². The zero-order chi connectivity index (χ0) is 23.5. The summed E-state index contributed by atoms with van der Waals surface area (Å²) in [6, 6.07) is 11.7. The molecule has 3 aliphatic rings. The predicted octanol–water partition coefficient (Wildman–Crippen LogP) is 5.05. The van der Waals surface area contributed by atoms with Crippen LogP contribution in [-0.2, 0) is 16.1 Å². The fraction of sp³-hybridized carbons (Fsp3) is 0.519. The fourth-order valence-corrected chi connectivity index (χ4v) is 5.62. The maximum atomic E-state index is 13.3. The third-order valence-corrected chi connectivity index (χ3v) is 8.00. The number of nitrogens with zero attached hydrogens (tertiary/aromatic N) is 3. The molecule has 2 aromatic rings. The molecule has 1 N–H and O–H groups in total. The third kappa shape index (κ3) is 6.71. The molecule has 5 rings (SSSR count). The summed E-state index contributed by atoms with van der Waals surface area (Å²) >= 11 is 6.23. The quantitative estimate of drug-likeness (QED) is 0.497. The predicted molar refractivity (Wildman–Crippen MR) is 147 cm³/mol. The summed E-state index contributed by atoms with van der Waals surface area (Å²) in [7, 11) is 0. The summed E-state index contributed by atoms with van der Waals surface area (Å²) in [6.45, 7) is 4.22. The van der Waals surface area contributed by atoms with Crippen molar-refractivity contribution in [2.45, 2.75) is 51.1 Å². The second kappa shape index (κ2) is 12.6. The van der Waals surface area contributed by atoms with Gasteiger partial charge in [-0.15, -0.1) is 24.8 Å². The fourth-order valence-electron chi connectivity index (χ4n) is 5.42. The van der Waals surface area contributed by atoms with Crippen LogP contribution in [0.25, 0.3) is 0 Å². The first-order valence-corrected chi connectivity index (χ1v) is 12.9. The number of aromatic nitrogens is 1. The average molecular weight is 554 g/mol. The number of rotatable bonds is 8. The Kier molecular flexibility index (Phi) is 10.0. The van der Waals surface area contributed by atoms with Gasteiger partial charge in [-0.3, -0.25) is 14.6 Å². The lowest BCUT2D eigenvalue weighted by molar-refractivity contribution is -0.139. The Balaban J connectivity index is 0.00000180. The van der Waals surface area contributed by atoms with Crippen LogP contribution >= 0.6 is 36.4 Å². The topological polar surface area (TPSA) is 65.5 Å². The van der Waals surface area contributed by atoms with Gasteiger partial charge in [0.1, 0.15) is 0 Å². The molecule has 2 aliphatic heterocycles. The normalized spacial score (nSPS) is 19.9. The largest absolute Gasteiger partial charge is 0.349 e. The van der Waals surface area contributed by atoms with Gasteiger partial charge < -0.3 is 15.1 Å². The van der Waals surface area contributed by atoms with Gasteiger partial charge in [-0.1, -0.05) is 29.8 Å². The van der Waals surface area contributed by atoms with Crippen molar-refractivity contribution in [2.24, 2.45) is 11.3 Å². The standard InChI is InChI=1S/C27H33ClN4O2.2ClH/c28-23-5-1-4-22(17-23)24(30-25(33)21-6-7-21)8-13-31-14-9-27(10-15-31)11-16-32(26(27)34)19-20-3-2-12-29-18-20;;/h1-5,12,17-18,21,24H,6-11,13-16,19H2,(H,30,33);2*1H. The summed E-state index contributed by atoms with van der Waals surface area (Å²) in [5.41, 5.74) is 1.95. The van der Waals surface area contributed by atoms with Crippen molar-refractivity contribution in [1.82, 2.24) is 20.1 Å². The summed E-state index contributed by atoms with van der Waals surface area (Å²) in [5, 5.41) is 3.95. The molecule has 1 unspecified atom stereocenters. The SMILES string of the molecule is Cl.Cl.O=C(NC(CCN1CCC2(CC1)CCN(Cc1cccnc1)C2=O)c1cccc(Cl)c1)C1CC1. The van der Waals surface area contributed by atoms with Crippen LogP contribution in [0, 0.1) is 11.3 Å². The maximum absolute atomic E-state index is 13.3. The molecule has 0 radical (unpaired) electrons. The Morgan fingerprint density at radius 3 is 2.53 bits per heavy atom. The molecule has 3 heterocycles. The number of carbonyl (C=O) groups excluding carboxylic acids is 2. The summed E-state index contributed by atoms with van der Waals surface area (Å²) in [4.78, 5) is 34.4. The van der Waals surface area contributed by atoms with E-state index in [1.54, 1.807) is 6.20 Å². The molecule has 3 fully saturated rings. The van der Waals surface area contributed by atoms with Crippen molar-refractivity contribution in [3.05, 3.63) is 64.9 Å². The van der Waals surface area contributed by atoms with E-state index in [1.165, 1.54) is 0 Å². The molecule has 2 amide bonds. The van der Waals surface area contributed by atoms with Gasteiger partial charge in [0.2, 0.25) is 11.8 Å². The second-order valence-corrected chi connectivity index (χ2v) is 10.6. The Morgan fingerprint density at radius 1 is 1.11 bits per heavy atom. The van der Waals surface area contributed by atoms with Crippen LogP contribution in [0.1, 0.15) is 55.7 Å². The lowest BCUT2D eigenvalue weighted by Crippen LogP contribution is -2.45. The van der Waals surface area contributed by atoms with Crippen LogP contribution in [0.2, 0.25) is 5.02 Å². The van der Waals surface area contributed by atoms with E-state index in [2.05, 4.69) is 15.2 Å². The Morgan fingerprint density at radius 2 is 1.86 bits per heavy atom. The van der Waals surface area contributed by atoms with Gasteiger partial charge in [0.05, 0.1) is 11.5 Å². The number of amides is 2. The number of benzene rings is 1. The van der Waals surface area contributed by atoms with Crippen LogP contribution in [0.5, 0.6) is 0 Å². The highest BCUT2D eigenvalue weighted by molar-refractivity contribution is 6.30. The minimum absolute atomic E-state index is 0. The van der Waals surface area contributed by atoms with Crippen molar-refractivity contribution in [2.75, 3.05) is 26.2 Å². The highest BCUT2D eigenvalue weighted by Gasteiger charge is 2.47. The number of hydrogen-bond donors (Lipinski definition) is 1. The smallest absolute Gasteiger partial charge is 0.229 e. The van der Waals surface area contributed by atoms with E-state index in [4.69, 9.17) is 11.6 Å². The molecule has 1 aromatic heterocycles. The van der Waals surface area contributed by atoms with E-state index in [9.17, 15) is 9.59 Å². The zero-order valence-corrected chi connectivity index (χ0v) is 22.8. The van der Waals surface area contributed by atoms with Crippen molar-refractivity contribution in [1.29, 1.82) is 0 Å². The number of halogens is 3. The van der Waals surface area contributed by atoms with Crippen LogP contribution in [0.3, 0.4) is 0 Å². The monoisotopic (exact) mass is 552 g/mol. The van der Waals surface area contributed by atoms with E-state index in [0.29, 0.717) is 17.5 Å². The van der Waals surface area contributed by atoms with Gasteiger partial charge >= 0.3 is 0 Å². The number of pyridine rings is 1. The van der Waals surface area contributed by atoms with E-state index in [-0.39, 0.29) is 48.1 Å². The van der Waals surface area contributed by atoms with Crippen LogP contribution in [0.15, 0.2) is 48.8 Å². The van der Waals surface area contributed by atoms with Crippen molar-refractivity contribution < 1.29 is 9.59 Å². The maximum Gasteiger partial charge on any atom is 0.229 e. The molecule has 6 nitrogen and oxygen atoms in total. The third-order valence-electron chi connectivity index (χ3n) is 7.76. The van der Waals surface area contributed by atoms with Crippen molar-refractivity contribution >= 4 is 48.2 Å². The lowest BCUT2D eigenvalue weighted by Gasteiger charge is -2.38. The molecule has 1 aromatic carbocycles. The van der Waals surface area contributed by atoms with E-state index >= 15 is 0 Å². The Hall–Kier alpha value is -1.86. The molecule has 2 saturated heterocycles. The summed E-state index contributed by atoms with van der Waals surface area (Å²) in [5.74, 6) is 0.650. The molecular weight excluding hydrogens is 519 g/mol. The molecular formula is C27H35Cl3N4O2. The number of piperidine rings is 1. The molecule has 1 aliphatic carbocycles. The van der Waals surface area contributed by atoms with Crippen molar-refractivity contribution in [3.63, 3.8) is 0 Å². The zero-order valence-electron chi connectivity index (χ0n) is 20.4. The minimum atomic E-state index is -0.203. The van der Waals surface area contributed by atoms with Crippen LogP contribution in [-0.4, -0.2) is 52.8 Å². The van der Waals surface area contributed by atoms with Gasteiger partial charge in [0.25, 0.3) is 0 Å². The lowest BCUT2D eigenvalue weighted by atomic mass is 9.77. The average Bonchev–Trinajstić information content (AvgIpc) is 3.67. The minimum Gasteiger partial charge on any atom is -0.349 e. The van der Waals surface area contributed by atoms with Gasteiger partial charge in [0.15, 0.2) is 0 Å². The molecule has 36 heavy (non-hydrogen) atoms. The van der Waals surface area contributed by atoms with Crippen LogP contribution in [0.4, 0.5) is 0 Å². The van der Waals surface area contributed by atoms with Gasteiger partial charge in [-0.25, -0.2) is 0 Å². The summed E-state index contributed by atoms with van der Waals surface area (Å²) in [6.07, 6.45) is 9.20. The van der Waals surface area contributed by atoms with E-state index in [0.717, 1.165) is 75.8 Å². The number of nitrogens with one attached hydrogen (secondary N) is 1. The Bertz CT molecular complexity index is 1030. The number of carbonyl (C=O) groups is 2. The van der Waals surface area contributed by atoms with Crippen molar-refractivity contribution in [3.8, 4) is 0 Å². The molecule has 1 spiro atoms. The molecule has 196 valence electrons. The molecule has 1 atom stereocenters.